The van der Waals surface area contributed by atoms with E-state index in [1.165, 1.54) is 0 Å². The normalized spacial score (nSPS) is 28.6. The topological polar surface area (TPSA) is 75.3 Å². The average molecular weight is 559 g/mol. The quantitative estimate of drug-likeness (QED) is 0.331. The molecule has 0 spiro atoms. The lowest BCUT2D eigenvalue weighted by molar-refractivity contribution is -0.151. The number of hydrogen-bond donors (Lipinski definition) is 1. The van der Waals surface area contributed by atoms with Gasteiger partial charge in [-0.05, 0) is 67.2 Å². The number of hydrogen-bond acceptors (Lipinski definition) is 6. The van der Waals surface area contributed by atoms with Crippen molar-refractivity contribution in [3.05, 3.63) is 33.4 Å². The second-order valence-electron chi connectivity index (χ2n) is 9.47. The van der Waals surface area contributed by atoms with Crippen molar-refractivity contribution in [2.24, 2.45) is 0 Å². The van der Waals surface area contributed by atoms with Gasteiger partial charge in [0.05, 0.1) is 17.7 Å². The molecule has 0 radical (unpaired) electrons. The first kappa shape index (κ1) is 23.0. The predicted octanol–water partition coefficient (Wildman–Crippen LogP) is 4.21. The molecule has 0 unspecified atom stereocenters. The summed E-state index contributed by atoms with van der Waals surface area (Å²) < 4.78 is 30.6. The molecule has 1 aliphatic carbocycles. The second kappa shape index (κ2) is 8.33. The first-order valence-electron chi connectivity index (χ1n) is 10.6. The van der Waals surface area contributed by atoms with Gasteiger partial charge in [0, 0.05) is 3.57 Å². The van der Waals surface area contributed by atoms with Gasteiger partial charge in [0.1, 0.15) is 12.2 Å². The Hall–Kier alpha value is -1.14. The van der Waals surface area contributed by atoms with Gasteiger partial charge in [-0.3, -0.25) is 4.79 Å². The third-order valence-electron chi connectivity index (χ3n) is 6.18. The van der Waals surface area contributed by atoms with Crippen molar-refractivity contribution in [2.75, 3.05) is 6.79 Å². The van der Waals surface area contributed by atoms with E-state index in [0.717, 1.165) is 3.57 Å². The Morgan fingerprint density at radius 1 is 1.16 bits per heavy atom. The van der Waals surface area contributed by atoms with E-state index in [4.69, 9.17) is 23.4 Å². The van der Waals surface area contributed by atoms with Crippen LogP contribution in [0.4, 0.5) is 0 Å². The zero-order valence-electron chi connectivity index (χ0n) is 18.7. The van der Waals surface area contributed by atoms with Crippen molar-refractivity contribution >= 4 is 36.8 Å². The fraction of sp³-hybridized carbons (Fsp3) is 0.591. The van der Waals surface area contributed by atoms with Crippen molar-refractivity contribution in [3.8, 4) is 11.5 Å². The minimum Gasteiger partial charge on any atom is -0.454 e. The number of nitrogens with one attached hydrogen (secondary N) is 1. The maximum atomic E-state index is 13.1. The molecule has 1 aromatic rings. The molecule has 1 aromatic carbocycles. The highest BCUT2D eigenvalue weighted by Crippen LogP contribution is 2.39. The Labute approximate surface area is 198 Å². The zero-order chi connectivity index (χ0) is 22.6. The fourth-order valence-corrected chi connectivity index (χ4v) is 5.71. The van der Waals surface area contributed by atoms with Crippen LogP contribution < -0.4 is 14.8 Å². The smallest absolute Gasteiger partial charge is 0.253 e. The van der Waals surface area contributed by atoms with Crippen molar-refractivity contribution in [2.45, 2.75) is 76.5 Å². The van der Waals surface area contributed by atoms with Crippen LogP contribution in [0.15, 0.2) is 24.3 Å². The summed E-state index contributed by atoms with van der Waals surface area (Å²) in [4.78, 5) is 13.1. The highest BCUT2D eigenvalue weighted by molar-refractivity contribution is 14.1. The molecule has 170 valence electrons. The van der Waals surface area contributed by atoms with E-state index < -0.39 is 14.1 Å². The Morgan fingerprint density at radius 3 is 2.48 bits per heavy atom. The summed E-state index contributed by atoms with van der Waals surface area (Å²) in [5, 5.41) is 3.11. The van der Waals surface area contributed by atoms with E-state index in [-0.39, 0.29) is 37.1 Å². The van der Waals surface area contributed by atoms with Gasteiger partial charge in [-0.2, -0.15) is 0 Å². The maximum absolute atomic E-state index is 13.1. The molecule has 2 heterocycles. The van der Waals surface area contributed by atoms with Crippen LogP contribution in [0, 0.1) is 3.57 Å². The number of carbonyl (C=O) groups excluding carboxylic acids is 1. The Bertz CT molecular complexity index is 902. The second-order valence-corrected chi connectivity index (χ2v) is 15.2. The van der Waals surface area contributed by atoms with Gasteiger partial charge in [-0.15, -0.1) is 0 Å². The highest BCUT2D eigenvalue weighted by atomic mass is 127. The van der Waals surface area contributed by atoms with Crippen molar-refractivity contribution < 1.29 is 28.2 Å². The van der Waals surface area contributed by atoms with E-state index in [1.807, 2.05) is 32.1 Å². The minimum absolute atomic E-state index is 0.170. The number of carbonyl (C=O) groups is 1. The van der Waals surface area contributed by atoms with Crippen molar-refractivity contribution in [1.29, 1.82) is 0 Å². The molecule has 1 amide bonds. The molecule has 1 N–H and O–H groups in total. The van der Waals surface area contributed by atoms with E-state index >= 15 is 0 Å². The van der Waals surface area contributed by atoms with Gasteiger partial charge < -0.3 is 28.7 Å². The lowest BCUT2D eigenvalue weighted by atomic mass is 9.94. The summed E-state index contributed by atoms with van der Waals surface area (Å²) in [7, 11) is -1.90. The van der Waals surface area contributed by atoms with Crippen molar-refractivity contribution in [1.82, 2.24) is 5.32 Å². The van der Waals surface area contributed by atoms with E-state index in [0.29, 0.717) is 22.6 Å². The lowest BCUT2D eigenvalue weighted by Crippen LogP contribution is -2.54. The van der Waals surface area contributed by atoms with Crippen LogP contribution in [0.25, 0.3) is 0 Å². The Balaban J connectivity index is 1.55. The summed E-state index contributed by atoms with van der Waals surface area (Å²) in [5.41, 5.74) is 1.01. The number of fused-ring (bicyclic) bond motifs is 2. The zero-order valence-corrected chi connectivity index (χ0v) is 21.9. The van der Waals surface area contributed by atoms with Gasteiger partial charge >= 0.3 is 0 Å². The molecule has 1 fully saturated rings. The summed E-state index contributed by atoms with van der Waals surface area (Å²) in [6.07, 6.45) is 3.16. The number of amides is 1. The third-order valence-corrected chi connectivity index (χ3v) is 10.7. The summed E-state index contributed by atoms with van der Waals surface area (Å²) in [6, 6.07) is 3.21. The highest BCUT2D eigenvalue weighted by Gasteiger charge is 2.51. The van der Waals surface area contributed by atoms with Crippen LogP contribution in [-0.2, 0) is 13.9 Å². The van der Waals surface area contributed by atoms with E-state index in [1.54, 1.807) is 6.07 Å². The number of rotatable bonds is 5. The van der Waals surface area contributed by atoms with Gasteiger partial charge in [0.25, 0.3) is 5.91 Å². The number of halogens is 1. The first-order chi connectivity index (χ1) is 14.5. The van der Waals surface area contributed by atoms with Crippen LogP contribution >= 0.6 is 22.6 Å². The van der Waals surface area contributed by atoms with Gasteiger partial charge in [-0.1, -0.05) is 26.0 Å². The fourth-order valence-electron chi connectivity index (χ4n) is 3.84. The summed E-state index contributed by atoms with van der Waals surface area (Å²) in [6.45, 7) is 12.8. The predicted molar refractivity (Wildman–Crippen MR) is 127 cm³/mol. The van der Waals surface area contributed by atoms with Crippen molar-refractivity contribution in [3.63, 3.8) is 0 Å². The van der Waals surface area contributed by atoms with Gasteiger partial charge in [-0.25, -0.2) is 0 Å². The molecule has 0 saturated carbocycles. The lowest BCUT2D eigenvalue weighted by Gasteiger charge is -2.38. The SMILES string of the molecule is CC(C)[Si](C)(C)O[C@H]1C=C[C@@H](NC(=O)c2cc3c(cc2I)OCO3)[C@@H]2OC(C)(C)O[C@@H]21. The van der Waals surface area contributed by atoms with E-state index in [9.17, 15) is 4.79 Å². The molecule has 0 aromatic heterocycles. The largest absolute Gasteiger partial charge is 0.454 e. The molecule has 2 aliphatic heterocycles. The monoisotopic (exact) mass is 559 g/mol. The van der Waals surface area contributed by atoms with Crippen LogP contribution in [0.1, 0.15) is 38.1 Å². The van der Waals surface area contributed by atoms with Gasteiger partial charge in [0.2, 0.25) is 6.79 Å². The Kier molecular flexibility index (Phi) is 6.19. The molecule has 4 atom stereocenters. The first-order valence-corrected chi connectivity index (χ1v) is 14.6. The maximum Gasteiger partial charge on any atom is 0.253 e. The summed E-state index contributed by atoms with van der Waals surface area (Å²) in [5.74, 6) is 0.298. The van der Waals surface area contributed by atoms with Crippen LogP contribution in [0.3, 0.4) is 0 Å². The van der Waals surface area contributed by atoms with Crippen LogP contribution in [0.5, 0.6) is 11.5 Å². The minimum atomic E-state index is -1.90. The molecule has 1 saturated heterocycles. The molecular weight excluding hydrogens is 529 g/mol. The van der Waals surface area contributed by atoms with E-state index in [2.05, 4.69) is 54.8 Å². The van der Waals surface area contributed by atoms with Crippen LogP contribution in [-0.4, -0.2) is 51.2 Å². The van der Waals surface area contributed by atoms with Crippen LogP contribution in [0.2, 0.25) is 18.6 Å². The standard InChI is InChI=1S/C22H30INO6Si/c1-12(2)31(5,6)30-16-8-7-15(19-20(16)29-22(3,4)28-19)24-21(25)13-9-17-18(10-14(13)23)27-11-26-17/h7-10,12,15-16,19-20H,11H2,1-6H3,(H,24,25)/t15-,16+,19+,20-/m1/s1. The third kappa shape index (κ3) is 4.66. The molecule has 7 nitrogen and oxygen atoms in total. The summed E-state index contributed by atoms with van der Waals surface area (Å²) >= 11 is 2.14. The molecular formula is C22H30INO6Si. The molecule has 4 rings (SSSR count). The van der Waals surface area contributed by atoms with Gasteiger partial charge in [0.15, 0.2) is 25.6 Å². The molecule has 9 heteroatoms. The molecule has 0 bridgehead atoms. The average Bonchev–Trinajstić information content (AvgIpc) is 3.25. The number of benzene rings is 1. The number of ether oxygens (including phenoxy) is 4. The molecule has 3 aliphatic rings. The Morgan fingerprint density at radius 2 is 1.81 bits per heavy atom. The molecule has 31 heavy (non-hydrogen) atoms.